The molecule has 0 aromatic heterocycles. The van der Waals surface area contributed by atoms with Crippen molar-refractivity contribution in [3.8, 4) is 5.75 Å². The maximum absolute atomic E-state index is 11.2. The number of nitrogens with two attached hydrogens (primary N) is 1. The van der Waals surface area contributed by atoms with E-state index in [1.165, 1.54) is 0 Å². The Morgan fingerprint density at radius 2 is 2.05 bits per heavy atom. The highest BCUT2D eigenvalue weighted by molar-refractivity contribution is 7.84. The number of hydrogen-bond acceptors (Lipinski definition) is 4. The third-order valence-corrected chi connectivity index (χ3v) is 3.93. The average Bonchev–Trinajstić information content (AvgIpc) is 2.37. The molecule has 1 amide bonds. The second-order valence-electron chi connectivity index (χ2n) is 4.34. The summed E-state index contributed by atoms with van der Waals surface area (Å²) in [4.78, 5) is 10.6. The second-order valence-corrected chi connectivity index (χ2v) is 6.14. The topological polar surface area (TPSA) is 81.4 Å². The summed E-state index contributed by atoms with van der Waals surface area (Å²) in [7, 11) is -0.805. The van der Waals surface area contributed by atoms with Crippen LogP contribution in [0.3, 0.4) is 0 Å². The first-order chi connectivity index (χ1) is 8.99. The fourth-order valence-electron chi connectivity index (χ4n) is 1.40. The zero-order valence-electron chi connectivity index (χ0n) is 11.2. The third kappa shape index (κ3) is 6.35. The summed E-state index contributed by atoms with van der Waals surface area (Å²) in [6.45, 7) is 3.25. The molecule has 0 fully saturated rings. The van der Waals surface area contributed by atoms with Gasteiger partial charge in [0, 0.05) is 35.4 Å². The molecule has 0 aliphatic rings. The van der Waals surface area contributed by atoms with Crippen LogP contribution in [0.5, 0.6) is 5.75 Å². The lowest BCUT2D eigenvalue weighted by Crippen LogP contribution is -2.27. The van der Waals surface area contributed by atoms with Gasteiger partial charge in [0.15, 0.2) is 6.61 Å². The molecule has 0 spiro atoms. The number of benzene rings is 1. The molecular formula is C13H20N2O3S. The number of nitrogens with one attached hydrogen (secondary N) is 1. The largest absolute Gasteiger partial charge is 0.484 e. The van der Waals surface area contributed by atoms with Gasteiger partial charge in [0.25, 0.3) is 5.91 Å². The summed E-state index contributed by atoms with van der Waals surface area (Å²) in [6.07, 6.45) is 1.71. The number of rotatable bonds is 8. The SMILES string of the molecule is CC(CNCc1ccc(OCC(N)=O)cc1)S(C)=O. The van der Waals surface area contributed by atoms with Crippen molar-refractivity contribution in [3.63, 3.8) is 0 Å². The molecule has 106 valence electrons. The van der Waals surface area contributed by atoms with Crippen LogP contribution in [0.2, 0.25) is 0 Å². The molecule has 0 radical (unpaired) electrons. The Labute approximate surface area is 116 Å². The molecule has 1 rings (SSSR count). The highest BCUT2D eigenvalue weighted by Gasteiger charge is 2.05. The Morgan fingerprint density at radius 1 is 1.42 bits per heavy atom. The van der Waals surface area contributed by atoms with E-state index < -0.39 is 16.7 Å². The molecule has 0 aliphatic heterocycles. The van der Waals surface area contributed by atoms with Crippen molar-refractivity contribution in [2.75, 3.05) is 19.4 Å². The summed E-state index contributed by atoms with van der Waals surface area (Å²) in [5.41, 5.74) is 6.09. The van der Waals surface area contributed by atoms with E-state index in [4.69, 9.17) is 10.5 Å². The van der Waals surface area contributed by atoms with E-state index in [1.807, 2.05) is 19.1 Å². The van der Waals surface area contributed by atoms with E-state index in [2.05, 4.69) is 5.32 Å². The van der Waals surface area contributed by atoms with Crippen molar-refractivity contribution >= 4 is 16.7 Å². The molecular weight excluding hydrogens is 264 g/mol. The van der Waals surface area contributed by atoms with Crippen LogP contribution >= 0.6 is 0 Å². The molecule has 0 bridgehead atoms. The minimum atomic E-state index is -0.805. The molecule has 2 unspecified atom stereocenters. The van der Waals surface area contributed by atoms with E-state index in [0.29, 0.717) is 18.8 Å². The number of carbonyl (C=O) groups excluding carboxylic acids is 1. The predicted molar refractivity (Wildman–Crippen MR) is 76.4 cm³/mol. The van der Waals surface area contributed by atoms with Crippen LogP contribution in [-0.2, 0) is 22.1 Å². The summed E-state index contributed by atoms with van der Waals surface area (Å²) in [6, 6.07) is 7.41. The number of hydrogen-bond donors (Lipinski definition) is 2. The van der Waals surface area contributed by atoms with Gasteiger partial charge in [0.2, 0.25) is 0 Å². The normalized spacial score (nSPS) is 13.8. The van der Waals surface area contributed by atoms with Gasteiger partial charge in [-0.1, -0.05) is 12.1 Å². The van der Waals surface area contributed by atoms with Crippen molar-refractivity contribution < 1.29 is 13.7 Å². The lowest BCUT2D eigenvalue weighted by Gasteiger charge is -2.10. The minimum Gasteiger partial charge on any atom is -0.484 e. The van der Waals surface area contributed by atoms with E-state index in [0.717, 1.165) is 5.56 Å². The lowest BCUT2D eigenvalue weighted by molar-refractivity contribution is -0.119. The van der Waals surface area contributed by atoms with Crippen molar-refractivity contribution in [1.29, 1.82) is 0 Å². The molecule has 0 saturated carbocycles. The lowest BCUT2D eigenvalue weighted by atomic mass is 10.2. The summed E-state index contributed by atoms with van der Waals surface area (Å²) in [5, 5.41) is 3.38. The summed E-state index contributed by atoms with van der Waals surface area (Å²) < 4.78 is 16.3. The van der Waals surface area contributed by atoms with Crippen molar-refractivity contribution in [2.24, 2.45) is 5.73 Å². The first-order valence-corrected chi connectivity index (χ1v) is 7.64. The van der Waals surface area contributed by atoms with Crippen LogP contribution in [-0.4, -0.2) is 34.8 Å². The van der Waals surface area contributed by atoms with Crippen LogP contribution in [0, 0.1) is 0 Å². The molecule has 0 aliphatic carbocycles. The Hall–Kier alpha value is -1.40. The first kappa shape index (κ1) is 15.7. The van der Waals surface area contributed by atoms with Gasteiger partial charge in [-0.2, -0.15) is 0 Å². The fourth-order valence-corrected chi connectivity index (χ4v) is 1.75. The van der Waals surface area contributed by atoms with Gasteiger partial charge >= 0.3 is 0 Å². The Balaban J connectivity index is 2.36. The maximum Gasteiger partial charge on any atom is 0.255 e. The zero-order chi connectivity index (χ0) is 14.3. The number of carbonyl (C=O) groups is 1. The van der Waals surface area contributed by atoms with Crippen LogP contribution < -0.4 is 15.8 Å². The Morgan fingerprint density at radius 3 is 2.58 bits per heavy atom. The standard InChI is InChI=1S/C13H20N2O3S/c1-10(19(2)17)7-15-8-11-3-5-12(6-4-11)18-9-13(14)16/h3-6,10,15H,7-9H2,1-2H3,(H2,14,16). The molecule has 2 atom stereocenters. The van der Waals surface area contributed by atoms with E-state index in [-0.39, 0.29) is 11.9 Å². The molecule has 6 heteroatoms. The molecule has 1 aromatic carbocycles. The minimum absolute atomic E-state index is 0.114. The summed E-state index contributed by atoms with van der Waals surface area (Å²) >= 11 is 0. The van der Waals surface area contributed by atoms with Gasteiger partial charge in [-0.05, 0) is 24.6 Å². The molecule has 0 heterocycles. The van der Waals surface area contributed by atoms with Gasteiger partial charge in [0.1, 0.15) is 5.75 Å². The van der Waals surface area contributed by atoms with Gasteiger partial charge < -0.3 is 15.8 Å². The maximum atomic E-state index is 11.2. The molecule has 19 heavy (non-hydrogen) atoms. The van der Waals surface area contributed by atoms with Gasteiger partial charge in [-0.25, -0.2) is 0 Å². The van der Waals surface area contributed by atoms with Crippen molar-refractivity contribution in [2.45, 2.75) is 18.7 Å². The molecule has 3 N–H and O–H groups in total. The number of ether oxygens (including phenoxy) is 1. The van der Waals surface area contributed by atoms with Gasteiger partial charge in [-0.15, -0.1) is 0 Å². The van der Waals surface area contributed by atoms with E-state index >= 15 is 0 Å². The van der Waals surface area contributed by atoms with Crippen LogP contribution in [0.4, 0.5) is 0 Å². The van der Waals surface area contributed by atoms with Crippen LogP contribution in [0.25, 0.3) is 0 Å². The van der Waals surface area contributed by atoms with Gasteiger partial charge in [0.05, 0.1) is 0 Å². The monoisotopic (exact) mass is 284 g/mol. The predicted octanol–water partition coefficient (Wildman–Crippen LogP) is 0.407. The zero-order valence-corrected chi connectivity index (χ0v) is 12.0. The first-order valence-electron chi connectivity index (χ1n) is 6.02. The Kier molecular flexibility index (Phi) is 6.52. The fraction of sp³-hybridized carbons (Fsp3) is 0.462. The molecule has 0 saturated heterocycles. The van der Waals surface area contributed by atoms with Crippen LogP contribution in [0.1, 0.15) is 12.5 Å². The highest BCUT2D eigenvalue weighted by atomic mass is 32.2. The highest BCUT2D eigenvalue weighted by Crippen LogP contribution is 2.11. The smallest absolute Gasteiger partial charge is 0.255 e. The van der Waals surface area contributed by atoms with Crippen molar-refractivity contribution in [1.82, 2.24) is 5.32 Å². The van der Waals surface area contributed by atoms with E-state index in [1.54, 1.807) is 18.4 Å². The number of primary amides is 1. The quantitative estimate of drug-likeness (QED) is 0.724. The Bertz CT molecular complexity index is 434. The molecule has 1 aromatic rings. The number of amides is 1. The van der Waals surface area contributed by atoms with E-state index in [9.17, 15) is 9.00 Å². The van der Waals surface area contributed by atoms with Crippen molar-refractivity contribution in [3.05, 3.63) is 29.8 Å². The third-order valence-electron chi connectivity index (χ3n) is 2.63. The van der Waals surface area contributed by atoms with Crippen LogP contribution in [0.15, 0.2) is 24.3 Å². The molecule has 5 nitrogen and oxygen atoms in total. The average molecular weight is 284 g/mol. The van der Waals surface area contributed by atoms with Gasteiger partial charge in [-0.3, -0.25) is 9.00 Å². The summed E-state index contributed by atoms with van der Waals surface area (Å²) in [5.74, 6) is 0.123. The second kappa shape index (κ2) is 7.91.